The van der Waals surface area contributed by atoms with E-state index < -0.39 is 38.7 Å². The van der Waals surface area contributed by atoms with E-state index in [-0.39, 0.29) is 71.0 Å². The molecule has 0 rings (SSSR count). The first kappa shape index (κ1) is 34.1. The van der Waals surface area contributed by atoms with Crippen LogP contribution in [-0.4, -0.2) is 54.4 Å². The summed E-state index contributed by atoms with van der Waals surface area (Å²) in [5, 5.41) is 8.59. The Morgan fingerprint density at radius 2 is 1.43 bits per heavy atom. The summed E-state index contributed by atoms with van der Waals surface area (Å²) in [6.07, 6.45) is 7.07. The predicted octanol–water partition coefficient (Wildman–Crippen LogP) is -0.413. The first-order valence-corrected chi connectivity index (χ1v) is 10.5. The number of carbonyl (C=O) groups excluding carboxylic acids is 2. The van der Waals surface area contributed by atoms with Gasteiger partial charge in [-0.25, -0.2) is 18.0 Å². The normalized spacial score (nSPS) is 14.1. The largest absolute Gasteiger partial charge is 1.00 e. The molecule has 1 atom stereocenters. The summed E-state index contributed by atoms with van der Waals surface area (Å²) in [4.78, 5) is 34.5. The van der Waals surface area contributed by atoms with Crippen LogP contribution in [0.25, 0.3) is 0 Å². The number of rotatable bonds is 11. The maximum absolute atomic E-state index is 11.6. The molecule has 1 unspecified atom stereocenters. The Balaban J connectivity index is -0.000000779. The maximum Gasteiger partial charge on any atom is 1.00 e. The Kier molecular flexibility index (Phi) is 20.5. The number of ether oxygens (including phenoxy) is 2. The maximum atomic E-state index is 11.6. The first-order chi connectivity index (χ1) is 13.4. The number of esters is 2. The van der Waals surface area contributed by atoms with E-state index in [4.69, 9.17) is 14.0 Å². The molecule has 9 nitrogen and oxygen atoms in total. The van der Waals surface area contributed by atoms with Crippen molar-refractivity contribution < 1.29 is 93.3 Å². The van der Waals surface area contributed by atoms with E-state index in [1.165, 1.54) is 31.2 Å². The number of aliphatic carboxylic acids is 1. The molecule has 0 aromatic heterocycles. The topological polar surface area (TPSA) is 144 Å². The fourth-order valence-electron chi connectivity index (χ4n) is 1.72. The zero-order valence-corrected chi connectivity index (χ0v) is 22.2. The summed E-state index contributed by atoms with van der Waals surface area (Å²) < 4.78 is 37.6. The van der Waals surface area contributed by atoms with E-state index >= 15 is 0 Å². The molecule has 30 heavy (non-hydrogen) atoms. The fraction of sp³-hybridized carbons (Fsp3) is 0.579. The summed E-state index contributed by atoms with van der Waals surface area (Å²) in [7, 11) is -3.85. The first-order valence-electron chi connectivity index (χ1n) is 8.98. The van der Waals surface area contributed by atoms with Gasteiger partial charge in [-0.05, 0) is 25.5 Å². The predicted molar refractivity (Wildman–Crippen MR) is 108 cm³/mol. The van der Waals surface area contributed by atoms with Crippen LogP contribution in [-0.2, 0) is 34.0 Å². The van der Waals surface area contributed by atoms with E-state index in [2.05, 4.69) is 6.92 Å². The van der Waals surface area contributed by atoms with Crippen molar-refractivity contribution >= 4 is 28.0 Å². The Hall–Kier alpha value is -0.564. The van der Waals surface area contributed by atoms with Crippen LogP contribution in [0.3, 0.4) is 0 Å². The van der Waals surface area contributed by atoms with Crippen LogP contribution in [0, 0.1) is 12.3 Å². The van der Waals surface area contributed by atoms with E-state index in [1.807, 2.05) is 6.92 Å². The van der Waals surface area contributed by atoms with Gasteiger partial charge in [-0.1, -0.05) is 38.8 Å². The van der Waals surface area contributed by atoms with Crippen molar-refractivity contribution in [1.29, 1.82) is 0 Å². The van der Waals surface area contributed by atoms with Crippen LogP contribution >= 0.6 is 0 Å². The molecule has 0 aromatic rings. The Morgan fingerprint density at radius 1 is 1.07 bits per heavy atom. The Bertz CT molecular complexity index is 654. The van der Waals surface area contributed by atoms with Gasteiger partial charge >= 0.3 is 69.3 Å². The Morgan fingerprint density at radius 3 is 1.67 bits per heavy atom. The summed E-state index contributed by atoms with van der Waals surface area (Å²) in [5.74, 6) is -2.39. The van der Waals surface area contributed by atoms with Crippen molar-refractivity contribution in [2.24, 2.45) is 5.41 Å². The molecular weight excluding hydrogens is 443 g/mol. The van der Waals surface area contributed by atoms with E-state index in [0.29, 0.717) is 6.42 Å². The summed E-state index contributed by atoms with van der Waals surface area (Å²) >= 11 is 0. The molecule has 0 aliphatic heterocycles. The number of unbranched alkanes of at least 4 members (excludes halogenated alkanes) is 1. The molecular formula is C19H31KO9S. The van der Waals surface area contributed by atoms with Crippen molar-refractivity contribution in [3.63, 3.8) is 0 Å². The van der Waals surface area contributed by atoms with Gasteiger partial charge in [-0.15, -0.1) is 0 Å². The molecule has 0 aliphatic rings. The van der Waals surface area contributed by atoms with E-state index in [0.717, 1.165) is 6.42 Å². The second-order valence-corrected chi connectivity index (χ2v) is 8.06. The van der Waals surface area contributed by atoms with Crippen LogP contribution in [0.1, 0.15) is 47.0 Å². The number of carboxylic acid groups (broad SMARTS) is 1. The average molecular weight is 475 g/mol. The smallest absolute Gasteiger partial charge is 0.481 e. The van der Waals surface area contributed by atoms with Crippen LogP contribution in [0.2, 0.25) is 0 Å². The third kappa shape index (κ3) is 16.2. The van der Waals surface area contributed by atoms with Gasteiger partial charge in [0.15, 0.2) is 0 Å². The van der Waals surface area contributed by atoms with Gasteiger partial charge in [0.2, 0.25) is 10.1 Å². The SMILES string of the molecule is CC=CC(=O)OCC(CCCC)(COC(=O)C=CC)C(=O)O.[CH2-]C(C)S(=O)(=O)O.[K+]. The van der Waals surface area contributed by atoms with Crippen LogP contribution in [0.15, 0.2) is 24.3 Å². The quantitative estimate of drug-likeness (QED) is 0.134. The monoisotopic (exact) mass is 474 g/mol. The molecule has 0 heterocycles. The summed E-state index contributed by atoms with van der Waals surface area (Å²) in [6.45, 7) is 8.93. The number of hydrogen-bond donors (Lipinski definition) is 2. The zero-order chi connectivity index (χ0) is 23.1. The molecule has 0 radical (unpaired) electrons. The number of allylic oxidation sites excluding steroid dienone is 2. The molecule has 0 amide bonds. The third-order valence-electron chi connectivity index (χ3n) is 3.56. The molecule has 0 bridgehead atoms. The fourth-order valence-corrected chi connectivity index (χ4v) is 1.72. The third-order valence-corrected chi connectivity index (χ3v) is 4.57. The van der Waals surface area contributed by atoms with Gasteiger partial charge in [-0.3, -0.25) is 9.35 Å². The van der Waals surface area contributed by atoms with Gasteiger partial charge in [0.1, 0.15) is 18.6 Å². The number of carboxylic acids is 1. The summed E-state index contributed by atoms with van der Waals surface area (Å²) in [6, 6.07) is 0. The standard InChI is InChI=1S/C16H24O6.C3H7O3S.K/c1-4-7-10-16(15(19)20,11-21-13(17)8-5-2)12-22-14(18)9-6-3;1-3(2)7(4,5)6;/h5-6,8-9H,4,7,10-12H2,1-3H3,(H,19,20);3H,1H2,2H3,(H,4,5,6);/q;-1;+1. The van der Waals surface area contributed by atoms with Crippen LogP contribution in [0.4, 0.5) is 0 Å². The van der Waals surface area contributed by atoms with Crippen LogP contribution < -0.4 is 51.4 Å². The van der Waals surface area contributed by atoms with E-state index in [9.17, 15) is 27.9 Å². The van der Waals surface area contributed by atoms with Gasteiger partial charge < -0.3 is 21.5 Å². The molecule has 0 fully saturated rings. The van der Waals surface area contributed by atoms with Gasteiger partial charge in [0.25, 0.3) is 0 Å². The van der Waals surface area contributed by atoms with Crippen molar-refractivity contribution in [3.8, 4) is 0 Å². The van der Waals surface area contributed by atoms with E-state index in [1.54, 1.807) is 13.8 Å². The molecule has 0 spiro atoms. The number of carbonyl (C=O) groups is 3. The van der Waals surface area contributed by atoms with Gasteiger partial charge in [0.05, 0.1) is 0 Å². The minimum atomic E-state index is -3.85. The summed E-state index contributed by atoms with van der Waals surface area (Å²) in [5.41, 5.74) is -1.43. The molecule has 0 aromatic carbocycles. The molecule has 11 heteroatoms. The van der Waals surface area contributed by atoms with Gasteiger partial charge in [-0.2, -0.15) is 0 Å². The minimum Gasteiger partial charge on any atom is -0.481 e. The molecule has 0 aliphatic carbocycles. The zero-order valence-electron chi connectivity index (χ0n) is 18.3. The molecule has 168 valence electrons. The molecule has 2 N–H and O–H groups in total. The van der Waals surface area contributed by atoms with Crippen LogP contribution in [0.5, 0.6) is 0 Å². The second kappa shape index (κ2) is 18.1. The van der Waals surface area contributed by atoms with Crippen molar-refractivity contribution in [1.82, 2.24) is 0 Å². The Labute approximate surface area is 221 Å². The van der Waals surface area contributed by atoms with Crippen molar-refractivity contribution in [2.75, 3.05) is 13.2 Å². The number of hydrogen-bond acceptors (Lipinski definition) is 7. The van der Waals surface area contributed by atoms with Crippen molar-refractivity contribution in [3.05, 3.63) is 31.2 Å². The van der Waals surface area contributed by atoms with Crippen molar-refractivity contribution in [2.45, 2.75) is 52.2 Å². The average Bonchev–Trinajstić information content (AvgIpc) is 2.61. The second-order valence-electron chi connectivity index (χ2n) is 6.23. The molecule has 0 saturated heterocycles. The van der Waals surface area contributed by atoms with Gasteiger partial charge in [0, 0.05) is 12.2 Å². The molecule has 0 saturated carbocycles. The minimum absolute atomic E-state index is 0.